The lowest BCUT2D eigenvalue weighted by molar-refractivity contribution is 0.357. The van der Waals surface area contributed by atoms with Gasteiger partial charge in [0, 0.05) is 0 Å². The first-order valence-electron chi connectivity index (χ1n) is 4.81. The topological polar surface area (TPSA) is 43.4 Å². The Balaban J connectivity index is 3.10. The summed E-state index contributed by atoms with van der Waals surface area (Å²) < 4.78 is 28.3. The Morgan fingerprint density at radius 2 is 1.88 bits per heavy atom. The second-order valence-electron chi connectivity index (χ2n) is 3.13. The molecule has 0 saturated heterocycles. The van der Waals surface area contributed by atoms with Crippen LogP contribution in [0.5, 0.6) is 0 Å². The first-order chi connectivity index (χ1) is 7.61. The lowest BCUT2D eigenvalue weighted by atomic mass is 10.1. The van der Waals surface area contributed by atoms with Gasteiger partial charge in [-0.2, -0.15) is 8.42 Å². The molecule has 3 nitrogen and oxygen atoms in total. The van der Waals surface area contributed by atoms with E-state index in [1.807, 2.05) is 0 Å². The third-order valence-corrected chi connectivity index (χ3v) is 3.33. The van der Waals surface area contributed by atoms with E-state index < -0.39 is 10.1 Å². The van der Waals surface area contributed by atoms with Gasteiger partial charge in [-0.05, 0) is 18.1 Å². The van der Waals surface area contributed by atoms with Crippen molar-refractivity contribution in [3.05, 3.63) is 55.1 Å². The second-order valence-corrected chi connectivity index (χ2v) is 4.71. The average molecular weight is 238 g/mol. The highest BCUT2D eigenvalue weighted by molar-refractivity contribution is 7.86. The fraction of sp³-hybridized carbons (Fsp3) is 0.167. The summed E-state index contributed by atoms with van der Waals surface area (Å²) in [6, 6.07) is 6.71. The van der Waals surface area contributed by atoms with E-state index in [1.54, 1.807) is 24.3 Å². The number of hydrogen-bond donors (Lipinski definition) is 0. The third-order valence-electron chi connectivity index (χ3n) is 1.95. The summed E-state index contributed by atoms with van der Waals surface area (Å²) in [5.74, 6) is 0. The summed E-state index contributed by atoms with van der Waals surface area (Å²) in [4.78, 5) is 0.191. The van der Waals surface area contributed by atoms with Crippen molar-refractivity contribution in [1.29, 1.82) is 0 Å². The van der Waals surface area contributed by atoms with Gasteiger partial charge in [0.2, 0.25) is 0 Å². The highest BCUT2D eigenvalue weighted by Crippen LogP contribution is 2.18. The van der Waals surface area contributed by atoms with Crippen LogP contribution in [0.4, 0.5) is 0 Å². The van der Waals surface area contributed by atoms with Gasteiger partial charge >= 0.3 is 0 Å². The van der Waals surface area contributed by atoms with Crippen LogP contribution in [0.15, 0.2) is 54.5 Å². The van der Waals surface area contributed by atoms with Crippen molar-refractivity contribution in [2.75, 3.05) is 6.61 Å². The van der Waals surface area contributed by atoms with Gasteiger partial charge in [0.25, 0.3) is 10.1 Å². The molecular formula is C12H14O3S. The average Bonchev–Trinajstić information content (AvgIpc) is 2.27. The molecule has 0 bridgehead atoms. The Hall–Kier alpha value is -1.39. The van der Waals surface area contributed by atoms with Gasteiger partial charge < -0.3 is 0 Å². The Bertz CT molecular complexity index is 475. The molecule has 0 aliphatic carbocycles. The van der Waals surface area contributed by atoms with Crippen molar-refractivity contribution in [3.63, 3.8) is 0 Å². The van der Waals surface area contributed by atoms with Gasteiger partial charge in [-0.25, -0.2) is 0 Å². The van der Waals surface area contributed by atoms with E-state index in [-0.39, 0.29) is 11.5 Å². The van der Waals surface area contributed by atoms with Crippen molar-refractivity contribution >= 4 is 10.1 Å². The molecule has 0 atom stereocenters. The fourth-order valence-electron chi connectivity index (χ4n) is 1.27. The highest BCUT2D eigenvalue weighted by atomic mass is 32.2. The second kappa shape index (κ2) is 5.63. The van der Waals surface area contributed by atoms with Crippen LogP contribution in [0.2, 0.25) is 0 Å². The minimum absolute atomic E-state index is 0.0231. The summed E-state index contributed by atoms with van der Waals surface area (Å²) in [6.07, 6.45) is 3.54. The first-order valence-corrected chi connectivity index (χ1v) is 6.21. The van der Waals surface area contributed by atoms with Crippen molar-refractivity contribution in [3.8, 4) is 0 Å². The molecule has 0 saturated carbocycles. The maximum Gasteiger partial charge on any atom is 0.297 e. The molecular weight excluding hydrogens is 224 g/mol. The van der Waals surface area contributed by atoms with Crippen LogP contribution in [0.25, 0.3) is 0 Å². The van der Waals surface area contributed by atoms with E-state index >= 15 is 0 Å². The fourth-order valence-corrected chi connectivity index (χ4v) is 2.39. The van der Waals surface area contributed by atoms with E-state index in [4.69, 9.17) is 4.18 Å². The molecule has 0 fully saturated rings. The molecule has 0 radical (unpaired) electrons. The zero-order chi connectivity index (χ0) is 12.0. The molecule has 0 heterocycles. The Labute approximate surface area is 96.2 Å². The van der Waals surface area contributed by atoms with E-state index in [1.165, 1.54) is 12.1 Å². The van der Waals surface area contributed by atoms with Crippen LogP contribution in [0.3, 0.4) is 0 Å². The van der Waals surface area contributed by atoms with Crippen LogP contribution in [-0.4, -0.2) is 15.0 Å². The van der Waals surface area contributed by atoms with Gasteiger partial charge in [0.1, 0.15) is 0 Å². The summed E-state index contributed by atoms with van der Waals surface area (Å²) in [5.41, 5.74) is 0.682. The Kier molecular flexibility index (Phi) is 4.46. The molecule has 0 aliphatic heterocycles. The van der Waals surface area contributed by atoms with Gasteiger partial charge in [-0.1, -0.05) is 30.4 Å². The molecule has 4 heteroatoms. The minimum atomic E-state index is -3.69. The molecule has 0 amide bonds. The molecule has 1 aromatic carbocycles. The molecule has 16 heavy (non-hydrogen) atoms. The number of rotatable bonds is 6. The van der Waals surface area contributed by atoms with E-state index in [2.05, 4.69) is 13.2 Å². The normalized spacial score (nSPS) is 11.0. The third kappa shape index (κ3) is 3.05. The summed E-state index contributed by atoms with van der Waals surface area (Å²) in [7, 11) is -3.69. The maximum atomic E-state index is 11.8. The lowest BCUT2D eigenvalue weighted by Gasteiger charge is -2.07. The van der Waals surface area contributed by atoms with Crippen LogP contribution >= 0.6 is 0 Å². The van der Waals surface area contributed by atoms with Crippen molar-refractivity contribution < 1.29 is 12.6 Å². The quantitative estimate of drug-likeness (QED) is 0.564. The molecule has 0 aliphatic rings. The van der Waals surface area contributed by atoms with Crippen LogP contribution < -0.4 is 0 Å². The number of hydrogen-bond acceptors (Lipinski definition) is 3. The SMILES string of the molecule is C=CCOS(=O)(=O)c1ccccc1CC=C. The summed E-state index contributed by atoms with van der Waals surface area (Å²) in [5, 5.41) is 0. The molecule has 1 rings (SSSR count). The predicted molar refractivity (Wildman–Crippen MR) is 63.7 cm³/mol. The van der Waals surface area contributed by atoms with E-state index in [9.17, 15) is 8.42 Å². The van der Waals surface area contributed by atoms with Gasteiger partial charge in [-0.3, -0.25) is 4.18 Å². The largest absolute Gasteiger partial charge is 0.297 e. The first kappa shape index (κ1) is 12.7. The Morgan fingerprint density at radius 1 is 1.19 bits per heavy atom. The molecule has 0 aromatic heterocycles. The van der Waals surface area contributed by atoms with Crippen LogP contribution in [0, 0.1) is 0 Å². The van der Waals surface area contributed by atoms with Crippen LogP contribution in [0.1, 0.15) is 5.56 Å². The molecule has 86 valence electrons. The lowest BCUT2D eigenvalue weighted by Crippen LogP contribution is -2.09. The van der Waals surface area contributed by atoms with E-state index in [0.717, 1.165) is 0 Å². The van der Waals surface area contributed by atoms with Gasteiger partial charge in [-0.15, -0.1) is 13.2 Å². The van der Waals surface area contributed by atoms with Gasteiger partial charge in [0.05, 0.1) is 11.5 Å². The minimum Gasteiger partial charge on any atom is -0.262 e. The zero-order valence-electron chi connectivity index (χ0n) is 8.93. The monoisotopic (exact) mass is 238 g/mol. The van der Waals surface area contributed by atoms with Crippen molar-refractivity contribution in [2.45, 2.75) is 11.3 Å². The number of benzene rings is 1. The molecule has 0 unspecified atom stereocenters. The summed E-state index contributed by atoms with van der Waals surface area (Å²) >= 11 is 0. The van der Waals surface area contributed by atoms with Gasteiger partial charge in [0.15, 0.2) is 0 Å². The van der Waals surface area contributed by atoms with Crippen molar-refractivity contribution in [1.82, 2.24) is 0 Å². The standard InChI is InChI=1S/C12H14O3S/c1-3-7-11-8-5-6-9-12(11)16(13,14)15-10-4-2/h3-6,8-9H,1-2,7,10H2. The number of allylic oxidation sites excluding steroid dienone is 1. The Morgan fingerprint density at radius 3 is 2.50 bits per heavy atom. The predicted octanol–water partition coefficient (Wildman–Crippen LogP) is 2.31. The van der Waals surface area contributed by atoms with E-state index in [0.29, 0.717) is 12.0 Å². The smallest absolute Gasteiger partial charge is 0.262 e. The summed E-state index contributed by atoms with van der Waals surface area (Å²) in [6.45, 7) is 6.98. The molecule has 1 aromatic rings. The highest BCUT2D eigenvalue weighted by Gasteiger charge is 2.17. The van der Waals surface area contributed by atoms with Crippen LogP contribution in [-0.2, 0) is 20.7 Å². The molecule has 0 N–H and O–H groups in total. The zero-order valence-corrected chi connectivity index (χ0v) is 9.74. The van der Waals surface area contributed by atoms with Crippen molar-refractivity contribution in [2.24, 2.45) is 0 Å². The molecule has 0 spiro atoms. The maximum absolute atomic E-state index is 11.8.